The number of hydrogen-bond acceptors (Lipinski definition) is 5. The molecular formula is C21H21F2N5O2. The second-order valence-corrected chi connectivity index (χ2v) is 7.14. The first-order valence-corrected chi connectivity index (χ1v) is 9.68. The van der Waals surface area contributed by atoms with Crippen LogP contribution in [0.25, 0.3) is 0 Å². The van der Waals surface area contributed by atoms with Crippen molar-refractivity contribution in [1.29, 1.82) is 0 Å². The molecule has 2 amide bonds. The molecule has 0 radical (unpaired) electrons. The number of benzene rings is 2. The Morgan fingerprint density at radius 3 is 2.37 bits per heavy atom. The third kappa shape index (κ3) is 4.40. The Morgan fingerprint density at radius 1 is 1.00 bits per heavy atom. The van der Waals surface area contributed by atoms with Crippen molar-refractivity contribution in [3.8, 4) is 0 Å². The number of carbonyl (C=O) groups is 2. The van der Waals surface area contributed by atoms with Gasteiger partial charge < -0.3 is 15.1 Å². The summed E-state index contributed by atoms with van der Waals surface area (Å²) in [6, 6.07) is 11.1. The molecule has 7 nitrogen and oxygen atoms in total. The summed E-state index contributed by atoms with van der Waals surface area (Å²) in [7, 11) is 0. The van der Waals surface area contributed by atoms with Crippen LogP contribution in [0.1, 0.15) is 6.42 Å². The second-order valence-electron chi connectivity index (χ2n) is 7.14. The number of aliphatic imine (C=N–C) groups is 1. The van der Waals surface area contributed by atoms with Crippen LogP contribution in [0.4, 0.5) is 20.2 Å². The molecule has 2 heterocycles. The predicted octanol–water partition coefficient (Wildman–Crippen LogP) is 1.97. The van der Waals surface area contributed by atoms with E-state index in [9.17, 15) is 18.4 Å². The monoisotopic (exact) mass is 413 g/mol. The van der Waals surface area contributed by atoms with E-state index in [4.69, 9.17) is 0 Å². The molecule has 1 saturated heterocycles. The number of halogens is 2. The summed E-state index contributed by atoms with van der Waals surface area (Å²) in [6.07, 6.45) is -0.0638. The van der Waals surface area contributed by atoms with Crippen molar-refractivity contribution >= 4 is 29.1 Å². The van der Waals surface area contributed by atoms with Gasteiger partial charge in [0.2, 0.25) is 17.8 Å². The Hall–Kier alpha value is -3.49. The number of nitrogens with zero attached hydrogens (tertiary/aromatic N) is 3. The minimum absolute atomic E-state index is 0.0638. The maximum atomic E-state index is 14.0. The van der Waals surface area contributed by atoms with Gasteiger partial charge in [0.05, 0.1) is 12.1 Å². The van der Waals surface area contributed by atoms with Crippen molar-refractivity contribution in [2.24, 2.45) is 4.99 Å². The lowest BCUT2D eigenvalue weighted by molar-refractivity contribution is -0.125. The zero-order chi connectivity index (χ0) is 21.1. The fourth-order valence-corrected chi connectivity index (χ4v) is 3.52. The number of rotatable bonds is 3. The van der Waals surface area contributed by atoms with Crippen molar-refractivity contribution in [2.75, 3.05) is 36.4 Å². The van der Waals surface area contributed by atoms with E-state index in [1.807, 2.05) is 9.80 Å². The average Bonchev–Trinajstić information content (AvgIpc) is 2.75. The molecule has 156 valence electrons. The van der Waals surface area contributed by atoms with Crippen molar-refractivity contribution in [3.63, 3.8) is 0 Å². The Balaban J connectivity index is 1.41. The van der Waals surface area contributed by atoms with E-state index in [1.165, 1.54) is 30.3 Å². The van der Waals surface area contributed by atoms with Gasteiger partial charge >= 0.3 is 0 Å². The fourth-order valence-electron chi connectivity index (χ4n) is 3.52. The van der Waals surface area contributed by atoms with E-state index in [0.717, 1.165) is 0 Å². The van der Waals surface area contributed by atoms with Crippen LogP contribution in [0.3, 0.4) is 0 Å². The lowest BCUT2D eigenvalue weighted by Crippen LogP contribution is -2.56. The first-order chi connectivity index (χ1) is 14.5. The fraction of sp³-hybridized carbons (Fsp3) is 0.286. The van der Waals surface area contributed by atoms with Crippen LogP contribution in [0.15, 0.2) is 53.5 Å². The van der Waals surface area contributed by atoms with Gasteiger partial charge in [-0.15, -0.1) is 0 Å². The summed E-state index contributed by atoms with van der Waals surface area (Å²) in [5.41, 5.74) is 0.978. The van der Waals surface area contributed by atoms with Crippen LogP contribution in [-0.4, -0.2) is 54.9 Å². The zero-order valence-corrected chi connectivity index (χ0v) is 16.1. The van der Waals surface area contributed by atoms with Crippen LogP contribution in [0.2, 0.25) is 0 Å². The summed E-state index contributed by atoms with van der Waals surface area (Å²) in [5, 5.41) is 5.38. The molecule has 4 rings (SSSR count). The third-order valence-electron chi connectivity index (χ3n) is 5.09. The number of carbonyl (C=O) groups excluding carboxylic acids is 2. The Bertz CT molecular complexity index is 972. The SMILES string of the molecule is O=C1CC(C(=O)Nc2ccc(F)cc2)N=C(N2CCN(c3ccccc3F)CC2)N1. The van der Waals surface area contributed by atoms with Crippen molar-refractivity contribution in [2.45, 2.75) is 12.5 Å². The molecule has 1 fully saturated rings. The molecule has 9 heteroatoms. The summed E-state index contributed by atoms with van der Waals surface area (Å²) < 4.78 is 27.0. The maximum absolute atomic E-state index is 14.0. The first kappa shape index (κ1) is 19.8. The number of para-hydroxylation sites is 1. The number of guanidine groups is 1. The van der Waals surface area contributed by atoms with Crippen LogP contribution >= 0.6 is 0 Å². The molecule has 2 aliphatic heterocycles. The number of anilines is 2. The van der Waals surface area contributed by atoms with E-state index in [0.29, 0.717) is 43.5 Å². The molecule has 2 aliphatic rings. The van der Waals surface area contributed by atoms with Crippen LogP contribution in [-0.2, 0) is 9.59 Å². The molecule has 2 N–H and O–H groups in total. The quantitative estimate of drug-likeness (QED) is 0.807. The van der Waals surface area contributed by atoms with E-state index < -0.39 is 17.8 Å². The van der Waals surface area contributed by atoms with Gasteiger partial charge in [-0.1, -0.05) is 12.1 Å². The van der Waals surface area contributed by atoms with Crippen LogP contribution in [0.5, 0.6) is 0 Å². The van der Waals surface area contributed by atoms with Gasteiger partial charge in [0.25, 0.3) is 0 Å². The molecule has 0 saturated carbocycles. The van der Waals surface area contributed by atoms with Crippen LogP contribution in [0, 0.1) is 11.6 Å². The smallest absolute Gasteiger partial charge is 0.249 e. The molecule has 0 aliphatic carbocycles. The maximum Gasteiger partial charge on any atom is 0.249 e. The van der Waals surface area contributed by atoms with Gasteiger partial charge in [-0.05, 0) is 36.4 Å². The molecule has 2 aromatic rings. The number of piperazine rings is 1. The van der Waals surface area contributed by atoms with E-state index in [1.54, 1.807) is 18.2 Å². The van der Waals surface area contributed by atoms with Gasteiger partial charge in [-0.25, -0.2) is 13.8 Å². The van der Waals surface area contributed by atoms with Gasteiger partial charge in [-0.3, -0.25) is 14.9 Å². The molecule has 2 aromatic carbocycles. The largest absolute Gasteiger partial charge is 0.366 e. The lowest BCUT2D eigenvalue weighted by atomic mass is 10.1. The number of nitrogens with one attached hydrogen (secondary N) is 2. The highest BCUT2D eigenvalue weighted by molar-refractivity contribution is 6.06. The number of hydrogen-bond donors (Lipinski definition) is 2. The molecule has 0 bridgehead atoms. The molecule has 30 heavy (non-hydrogen) atoms. The van der Waals surface area contributed by atoms with Gasteiger partial charge in [-0.2, -0.15) is 0 Å². The van der Waals surface area contributed by atoms with E-state index in [2.05, 4.69) is 15.6 Å². The minimum Gasteiger partial charge on any atom is -0.366 e. The van der Waals surface area contributed by atoms with Gasteiger partial charge in [0.15, 0.2) is 0 Å². The highest BCUT2D eigenvalue weighted by atomic mass is 19.1. The van der Waals surface area contributed by atoms with E-state index >= 15 is 0 Å². The molecule has 1 unspecified atom stereocenters. The third-order valence-corrected chi connectivity index (χ3v) is 5.09. The standard InChI is InChI=1S/C21H21F2N5O2/c22-14-5-7-15(8-6-14)24-20(30)17-13-19(29)26-21(25-17)28-11-9-27(10-12-28)18-4-2-1-3-16(18)23/h1-8,17H,9-13H2,(H,24,30)(H,25,26,29). The molecule has 0 aromatic heterocycles. The number of amides is 2. The van der Waals surface area contributed by atoms with Crippen molar-refractivity contribution in [1.82, 2.24) is 10.2 Å². The molecule has 0 spiro atoms. The van der Waals surface area contributed by atoms with Gasteiger partial charge in [0.1, 0.15) is 17.7 Å². The molecule has 1 atom stereocenters. The highest BCUT2D eigenvalue weighted by Gasteiger charge is 2.31. The van der Waals surface area contributed by atoms with E-state index in [-0.39, 0.29) is 18.1 Å². The normalized spacial score (nSPS) is 19.2. The summed E-state index contributed by atoms with van der Waals surface area (Å²) in [4.78, 5) is 32.9. The minimum atomic E-state index is -0.872. The summed E-state index contributed by atoms with van der Waals surface area (Å²) >= 11 is 0. The predicted molar refractivity (Wildman–Crippen MR) is 109 cm³/mol. The van der Waals surface area contributed by atoms with Crippen LogP contribution < -0.4 is 15.5 Å². The van der Waals surface area contributed by atoms with Crippen molar-refractivity contribution < 1.29 is 18.4 Å². The van der Waals surface area contributed by atoms with Crippen molar-refractivity contribution in [3.05, 3.63) is 60.2 Å². The zero-order valence-electron chi connectivity index (χ0n) is 16.1. The average molecular weight is 413 g/mol. The lowest BCUT2D eigenvalue weighted by Gasteiger charge is -2.38. The summed E-state index contributed by atoms with van der Waals surface area (Å²) in [5.74, 6) is -1.06. The first-order valence-electron chi connectivity index (χ1n) is 9.68. The second kappa shape index (κ2) is 8.48. The van der Waals surface area contributed by atoms with Gasteiger partial charge in [0, 0.05) is 31.9 Å². The highest BCUT2D eigenvalue weighted by Crippen LogP contribution is 2.21. The molecular weight excluding hydrogens is 392 g/mol. The Kier molecular flexibility index (Phi) is 5.60. The Morgan fingerprint density at radius 2 is 1.67 bits per heavy atom. The summed E-state index contributed by atoms with van der Waals surface area (Å²) in [6.45, 7) is 2.17. The Labute approximate surface area is 172 Å². The topological polar surface area (TPSA) is 77.0 Å².